The lowest BCUT2D eigenvalue weighted by atomic mass is 9.85. The Bertz CT molecular complexity index is 817. The molecule has 2 aromatic heterocycles. The maximum atomic E-state index is 12.9. The highest BCUT2D eigenvalue weighted by Gasteiger charge is 2.26. The van der Waals surface area contributed by atoms with Gasteiger partial charge in [0.05, 0.1) is 11.6 Å². The summed E-state index contributed by atoms with van der Waals surface area (Å²) in [5.41, 5.74) is 2.81. The number of hydrogen-bond acceptors (Lipinski definition) is 4. The zero-order valence-corrected chi connectivity index (χ0v) is 15.2. The molecule has 0 aliphatic rings. The number of nitrogens with zero attached hydrogens (tertiary/aromatic N) is 2. The van der Waals surface area contributed by atoms with Gasteiger partial charge in [0, 0.05) is 23.3 Å². The molecule has 0 saturated heterocycles. The number of pyridine rings is 1. The summed E-state index contributed by atoms with van der Waals surface area (Å²) in [5, 5.41) is 5.55. The van der Waals surface area contributed by atoms with Gasteiger partial charge in [-0.2, -0.15) is 0 Å². The Morgan fingerprint density at radius 3 is 2.68 bits per heavy atom. The van der Waals surface area contributed by atoms with E-state index < -0.39 is 0 Å². The second-order valence-electron chi connectivity index (χ2n) is 6.04. The zero-order valence-electron chi connectivity index (χ0n) is 14.3. The third-order valence-corrected chi connectivity index (χ3v) is 5.10. The molecular formula is C20H21N3OS. The summed E-state index contributed by atoms with van der Waals surface area (Å²) >= 11 is 1.43. The number of carbonyl (C=O) groups is 1. The minimum Gasteiger partial charge on any atom is -0.301 e. The Labute approximate surface area is 152 Å². The van der Waals surface area contributed by atoms with Gasteiger partial charge >= 0.3 is 0 Å². The molecule has 0 radical (unpaired) electrons. The summed E-state index contributed by atoms with van der Waals surface area (Å²) < 4.78 is 0. The first-order chi connectivity index (χ1) is 12.2. The van der Waals surface area contributed by atoms with E-state index in [1.807, 2.05) is 47.8 Å². The van der Waals surface area contributed by atoms with Gasteiger partial charge in [0.1, 0.15) is 0 Å². The van der Waals surface area contributed by atoms with Crippen LogP contribution < -0.4 is 5.32 Å². The quantitative estimate of drug-likeness (QED) is 0.682. The predicted octanol–water partition coefficient (Wildman–Crippen LogP) is 4.97. The number of rotatable bonds is 6. The van der Waals surface area contributed by atoms with E-state index in [2.05, 4.69) is 29.1 Å². The van der Waals surface area contributed by atoms with E-state index in [1.54, 1.807) is 12.4 Å². The molecule has 2 atom stereocenters. The molecule has 0 saturated carbocycles. The summed E-state index contributed by atoms with van der Waals surface area (Å²) in [7, 11) is 0. The van der Waals surface area contributed by atoms with E-state index in [0.717, 1.165) is 23.2 Å². The molecular weight excluding hydrogens is 330 g/mol. The third kappa shape index (κ3) is 4.12. The van der Waals surface area contributed by atoms with Crippen molar-refractivity contribution in [1.82, 2.24) is 9.97 Å². The lowest BCUT2D eigenvalue weighted by Gasteiger charge is -2.22. The highest BCUT2D eigenvalue weighted by Crippen LogP contribution is 2.30. The van der Waals surface area contributed by atoms with Crippen molar-refractivity contribution in [1.29, 1.82) is 0 Å². The minimum atomic E-state index is -0.183. The third-order valence-electron chi connectivity index (χ3n) is 4.35. The number of hydrogen-bond donors (Lipinski definition) is 1. The van der Waals surface area contributed by atoms with Crippen LogP contribution in [-0.2, 0) is 4.79 Å². The van der Waals surface area contributed by atoms with E-state index in [0.29, 0.717) is 5.13 Å². The molecule has 5 heteroatoms. The maximum absolute atomic E-state index is 12.9. The van der Waals surface area contributed by atoms with Gasteiger partial charge in [0.2, 0.25) is 5.91 Å². The zero-order chi connectivity index (χ0) is 17.6. The molecule has 25 heavy (non-hydrogen) atoms. The van der Waals surface area contributed by atoms with E-state index in [1.165, 1.54) is 11.3 Å². The monoisotopic (exact) mass is 351 g/mol. The number of nitrogens with one attached hydrogen (secondary N) is 1. The van der Waals surface area contributed by atoms with Crippen LogP contribution in [0.3, 0.4) is 0 Å². The van der Waals surface area contributed by atoms with Gasteiger partial charge in [-0.05, 0) is 23.6 Å². The topological polar surface area (TPSA) is 54.9 Å². The van der Waals surface area contributed by atoms with Crippen molar-refractivity contribution < 1.29 is 4.79 Å². The Hall–Kier alpha value is -2.53. The second kappa shape index (κ2) is 8.03. The lowest BCUT2D eigenvalue weighted by Crippen LogP contribution is -2.26. The highest BCUT2D eigenvalue weighted by molar-refractivity contribution is 7.14. The number of thiazole rings is 1. The van der Waals surface area contributed by atoms with Gasteiger partial charge in [-0.25, -0.2) is 4.98 Å². The van der Waals surface area contributed by atoms with E-state index in [-0.39, 0.29) is 17.7 Å². The van der Waals surface area contributed by atoms with E-state index in [9.17, 15) is 4.79 Å². The standard InChI is InChI=1S/C20H21N3OS/c1-3-14(2)18(15-8-5-4-6-9-15)19(24)23-20-22-17(13-25-20)16-10-7-11-21-12-16/h4-14,18H,3H2,1-2H3,(H,22,23,24). The van der Waals surface area contributed by atoms with Crippen molar-refractivity contribution in [3.63, 3.8) is 0 Å². The van der Waals surface area contributed by atoms with Crippen molar-refractivity contribution in [3.05, 3.63) is 65.8 Å². The van der Waals surface area contributed by atoms with Crippen molar-refractivity contribution in [3.8, 4) is 11.3 Å². The van der Waals surface area contributed by atoms with E-state index >= 15 is 0 Å². The summed E-state index contributed by atoms with van der Waals surface area (Å²) in [6.07, 6.45) is 4.44. The molecule has 4 nitrogen and oxygen atoms in total. The number of benzene rings is 1. The summed E-state index contributed by atoms with van der Waals surface area (Å²) in [6.45, 7) is 4.22. The molecule has 2 unspecified atom stereocenters. The molecule has 1 N–H and O–H groups in total. The van der Waals surface area contributed by atoms with Gasteiger partial charge in [0.15, 0.2) is 5.13 Å². The second-order valence-corrected chi connectivity index (χ2v) is 6.90. The molecule has 1 aromatic carbocycles. The predicted molar refractivity (Wildman–Crippen MR) is 103 cm³/mol. The molecule has 0 fully saturated rings. The van der Waals surface area contributed by atoms with Gasteiger partial charge in [-0.1, -0.05) is 50.6 Å². The van der Waals surface area contributed by atoms with Gasteiger partial charge in [-0.3, -0.25) is 9.78 Å². The summed E-state index contributed by atoms with van der Waals surface area (Å²) in [6, 6.07) is 13.8. The van der Waals surface area contributed by atoms with Crippen LogP contribution in [0.15, 0.2) is 60.2 Å². The average Bonchev–Trinajstić information content (AvgIpc) is 3.12. The Morgan fingerprint density at radius 1 is 1.20 bits per heavy atom. The van der Waals surface area contributed by atoms with Crippen molar-refractivity contribution in [2.24, 2.45) is 5.92 Å². The summed E-state index contributed by atoms with van der Waals surface area (Å²) in [4.78, 5) is 21.5. The molecule has 0 spiro atoms. The normalized spacial score (nSPS) is 13.2. The first-order valence-electron chi connectivity index (χ1n) is 8.40. The molecule has 0 aliphatic heterocycles. The van der Waals surface area contributed by atoms with Crippen LogP contribution in [0, 0.1) is 5.92 Å². The molecule has 3 aromatic rings. The fraction of sp³-hybridized carbons (Fsp3) is 0.250. The van der Waals surface area contributed by atoms with Crippen LogP contribution in [-0.4, -0.2) is 15.9 Å². The van der Waals surface area contributed by atoms with Crippen LogP contribution >= 0.6 is 11.3 Å². The first-order valence-corrected chi connectivity index (χ1v) is 9.28. The van der Waals surface area contributed by atoms with Crippen LogP contribution in [0.5, 0.6) is 0 Å². The summed E-state index contributed by atoms with van der Waals surface area (Å²) in [5.74, 6) is 0.0599. The lowest BCUT2D eigenvalue weighted by molar-refractivity contribution is -0.118. The van der Waals surface area contributed by atoms with Crippen molar-refractivity contribution >= 4 is 22.4 Å². The van der Waals surface area contributed by atoms with Gasteiger partial charge in [-0.15, -0.1) is 11.3 Å². The average molecular weight is 351 g/mol. The molecule has 2 heterocycles. The maximum Gasteiger partial charge on any atom is 0.233 e. The first kappa shape index (κ1) is 17.3. The number of amides is 1. The highest BCUT2D eigenvalue weighted by atomic mass is 32.1. The SMILES string of the molecule is CCC(C)C(C(=O)Nc1nc(-c2cccnc2)cs1)c1ccccc1. The number of carbonyl (C=O) groups excluding carboxylic acids is 1. The van der Waals surface area contributed by atoms with Crippen LogP contribution in [0.2, 0.25) is 0 Å². The van der Waals surface area contributed by atoms with Crippen LogP contribution in [0.4, 0.5) is 5.13 Å². The number of anilines is 1. The Balaban J connectivity index is 1.79. The van der Waals surface area contributed by atoms with Gasteiger partial charge in [0.25, 0.3) is 0 Å². The van der Waals surface area contributed by atoms with Crippen molar-refractivity contribution in [2.75, 3.05) is 5.32 Å². The Kier molecular flexibility index (Phi) is 5.56. The fourth-order valence-corrected chi connectivity index (χ4v) is 3.52. The minimum absolute atomic E-state index is 0.00682. The van der Waals surface area contributed by atoms with E-state index in [4.69, 9.17) is 0 Å². The molecule has 128 valence electrons. The van der Waals surface area contributed by atoms with Crippen LogP contribution in [0.1, 0.15) is 31.7 Å². The Morgan fingerprint density at radius 2 is 2.00 bits per heavy atom. The van der Waals surface area contributed by atoms with Gasteiger partial charge < -0.3 is 5.32 Å². The molecule has 0 bridgehead atoms. The molecule has 1 amide bonds. The van der Waals surface area contributed by atoms with Crippen molar-refractivity contribution in [2.45, 2.75) is 26.2 Å². The largest absolute Gasteiger partial charge is 0.301 e. The molecule has 0 aliphatic carbocycles. The molecule has 3 rings (SSSR count). The van der Waals surface area contributed by atoms with Crippen LogP contribution in [0.25, 0.3) is 11.3 Å². The smallest absolute Gasteiger partial charge is 0.233 e. The fourth-order valence-electron chi connectivity index (χ4n) is 2.80. The number of aromatic nitrogens is 2.